The first-order valence-electron chi connectivity index (χ1n) is 10.3. The molecule has 3 unspecified atom stereocenters. The van der Waals surface area contributed by atoms with E-state index >= 15 is 0 Å². The van der Waals surface area contributed by atoms with E-state index in [-0.39, 0.29) is 0 Å². The van der Waals surface area contributed by atoms with Crippen LogP contribution in [-0.4, -0.2) is 49.6 Å². The van der Waals surface area contributed by atoms with Crippen LogP contribution in [0.25, 0.3) is 11.0 Å². The summed E-state index contributed by atoms with van der Waals surface area (Å²) in [5.74, 6) is 0.295. The van der Waals surface area contributed by atoms with E-state index in [0.717, 1.165) is 29.8 Å². The van der Waals surface area contributed by atoms with Crippen molar-refractivity contribution in [1.82, 2.24) is 19.9 Å². The summed E-state index contributed by atoms with van der Waals surface area (Å²) in [5.41, 5.74) is 4.39. The maximum atomic E-state index is 14.5. The fourth-order valence-corrected chi connectivity index (χ4v) is 4.78. The summed E-state index contributed by atoms with van der Waals surface area (Å²) in [6.45, 7) is 5.38. The van der Waals surface area contributed by atoms with Gasteiger partial charge in [0.05, 0.1) is 17.1 Å². The third-order valence-corrected chi connectivity index (χ3v) is 6.31. The maximum Gasteiger partial charge on any atom is 0.152 e. The molecule has 1 aliphatic carbocycles. The highest BCUT2D eigenvalue weighted by Gasteiger charge is 2.45. The zero-order chi connectivity index (χ0) is 21.0. The van der Waals surface area contributed by atoms with Crippen LogP contribution in [0.3, 0.4) is 0 Å². The first-order chi connectivity index (χ1) is 14.4. The Hall–Kier alpha value is -2.55. The van der Waals surface area contributed by atoms with Crippen LogP contribution >= 0.6 is 0 Å². The second-order valence-electron chi connectivity index (χ2n) is 8.31. The number of aliphatic hydroxyl groups excluding tert-OH is 2. The van der Waals surface area contributed by atoms with Crippen LogP contribution in [0.15, 0.2) is 24.7 Å². The van der Waals surface area contributed by atoms with Crippen LogP contribution in [0.1, 0.15) is 34.8 Å². The van der Waals surface area contributed by atoms with Crippen LogP contribution in [0, 0.1) is 19.7 Å². The molecule has 1 aliphatic heterocycles. The molecule has 0 saturated heterocycles. The molecule has 1 saturated carbocycles. The molecule has 4 atom stereocenters. The summed E-state index contributed by atoms with van der Waals surface area (Å²) < 4.78 is 22.4. The predicted molar refractivity (Wildman–Crippen MR) is 109 cm³/mol. The first kappa shape index (κ1) is 19.4. The van der Waals surface area contributed by atoms with Gasteiger partial charge in [-0.25, -0.2) is 14.4 Å². The minimum absolute atomic E-state index is 0.336. The number of hydrogen-bond donors (Lipinski definition) is 3. The van der Waals surface area contributed by atoms with E-state index in [2.05, 4.69) is 21.4 Å². The van der Waals surface area contributed by atoms with Crippen molar-refractivity contribution < 1.29 is 19.3 Å². The maximum absolute atomic E-state index is 14.5. The summed E-state index contributed by atoms with van der Waals surface area (Å²) in [7, 11) is 0. The highest BCUT2D eigenvalue weighted by molar-refractivity contribution is 5.79. The third-order valence-electron chi connectivity index (χ3n) is 6.31. The van der Waals surface area contributed by atoms with Crippen molar-refractivity contribution in [3.8, 4) is 5.75 Å². The standard InChI is InChI=1S/C22H25FN4O3/c1-11-5-13-3-4-24-8-14(13)17(6-11)30-18-7-16(20(28)21(18)29)27-9-15(23)19-12(2)25-10-26-22(19)27/h5-6,9-10,16,18,20-21,24,28-29H,3-4,7-8H2,1-2H3/t16?,18?,20-,21?/m0/s1. The Labute approximate surface area is 173 Å². The fraction of sp³-hybridized carbons (Fsp3) is 0.455. The summed E-state index contributed by atoms with van der Waals surface area (Å²) >= 11 is 0. The van der Waals surface area contributed by atoms with Gasteiger partial charge in [-0.2, -0.15) is 0 Å². The Kier molecular flexibility index (Phi) is 4.72. The van der Waals surface area contributed by atoms with Crippen molar-refractivity contribution in [1.29, 1.82) is 0 Å². The van der Waals surface area contributed by atoms with Gasteiger partial charge in [0.1, 0.15) is 36.0 Å². The molecule has 3 aromatic rings. The number of ether oxygens (including phenoxy) is 1. The molecule has 0 spiro atoms. The Morgan fingerprint density at radius 3 is 2.87 bits per heavy atom. The summed E-state index contributed by atoms with van der Waals surface area (Å²) in [6, 6.07) is 3.59. The third kappa shape index (κ3) is 3.07. The molecule has 2 aliphatic rings. The topological polar surface area (TPSA) is 92.4 Å². The van der Waals surface area contributed by atoms with Gasteiger partial charge in [0.25, 0.3) is 0 Å². The minimum atomic E-state index is -1.10. The Morgan fingerprint density at radius 1 is 1.20 bits per heavy atom. The van der Waals surface area contributed by atoms with E-state index in [1.54, 1.807) is 11.5 Å². The van der Waals surface area contributed by atoms with Gasteiger partial charge < -0.3 is 24.8 Å². The second kappa shape index (κ2) is 7.30. The van der Waals surface area contributed by atoms with E-state index in [1.807, 2.05) is 13.0 Å². The summed E-state index contributed by atoms with van der Waals surface area (Å²) in [5, 5.41) is 25.2. The van der Waals surface area contributed by atoms with Crippen LogP contribution in [0.2, 0.25) is 0 Å². The number of aryl methyl sites for hydroxylation is 2. The van der Waals surface area contributed by atoms with Gasteiger partial charge in [-0.05, 0) is 44.0 Å². The van der Waals surface area contributed by atoms with E-state index in [1.165, 1.54) is 18.1 Å². The van der Waals surface area contributed by atoms with Crippen molar-refractivity contribution in [3.63, 3.8) is 0 Å². The molecule has 7 nitrogen and oxygen atoms in total. The van der Waals surface area contributed by atoms with Crippen molar-refractivity contribution in [2.45, 2.75) is 57.6 Å². The monoisotopic (exact) mass is 412 g/mol. The van der Waals surface area contributed by atoms with Gasteiger partial charge in [-0.15, -0.1) is 0 Å². The number of aromatic nitrogens is 3. The van der Waals surface area contributed by atoms with Gasteiger partial charge in [0.2, 0.25) is 0 Å². The molecule has 1 fully saturated rings. The molecule has 0 radical (unpaired) electrons. The molecular weight excluding hydrogens is 387 g/mol. The van der Waals surface area contributed by atoms with Crippen LogP contribution in [0.5, 0.6) is 5.75 Å². The number of benzene rings is 1. The van der Waals surface area contributed by atoms with Crippen molar-refractivity contribution in [3.05, 3.63) is 52.9 Å². The number of nitrogens with one attached hydrogen (secondary N) is 1. The molecule has 158 valence electrons. The molecule has 8 heteroatoms. The van der Waals surface area contributed by atoms with E-state index in [9.17, 15) is 14.6 Å². The molecule has 30 heavy (non-hydrogen) atoms. The number of halogens is 1. The Morgan fingerprint density at radius 2 is 2.03 bits per heavy atom. The highest BCUT2D eigenvalue weighted by Crippen LogP contribution is 2.38. The van der Waals surface area contributed by atoms with Crippen LogP contribution in [-0.2, 0) is 13.0 Å². The molecule has 3 heterocycles. The average Bonchev–Trinajstić information content (AvgIpc) is 3.20. The zero-order valence-corrected chi connectivity index (χ0v) is 17.0. The SMILES string of the molecule is Cc1cc2c(c(OC3CC(n4cc(F)c5c(C)ncnc54)[C@H](O)C3O)c1)CNCC2. The normalized spacial score (nSPS) is 26.2. The van der Waals surface area contributed by atoms with Crippen LogP contribution in [0.4, 0.5) is 4.39 Å². The average molecular weight is 412 g/mol. The van der Waals surface area contributed by atoms with Crippen LogP contribution < -0.4 is 10.1 Å². The van der Waals surface area contributed by atoms with E-state index in [0.29, 0.717) is 29.7 Å². The van der Waals surface area contributed by atoms with Crippen molar-refractivity contribution in [2.75, 3.05) is 6.54 Å². The number of fused-ring (bicyclic) bond motifs is 2. The molecular formula is C22H25FN4O3. The van der Waals surface area contributed by atoms with Gasteiger partial charge in [-0.3, -0.25) is 0 Å². The fourth-order valence-electron chi connectivity index (χ4n) is 4.78. The first-order valence-corrected chi connectivity index (χ1v) is 10.3. The van der Waals surface area contributed by atoms with Gasteiger partial charge in [-0.1, -0.05) is 6.07 Å². The molecule has 3 N–H and O–H groups in total. The highest BCUT2D eigenvalue weighted by atomic mass is 19.1. The second-order valence-corrected chi connectivity index (χ2v) is 8.31. The molecule has 0 amide bonds. The van der Waals surface area contributed by atoms with Gasteiger partial charge in [0, 0.05) is 24.7 Å². The van der Waals surface area contributed by atoms with Gasteiger partial charge in [0.15, 0.2) is 5.82 Å². The van der Waals surface area contributed by atoms with E-state index in [4.69, 9.17) is 4.74 Å². The molecule has 5 rings (SSSR count). The summed E-state index contributed by atoms with van der Waals surface area (Å²) in [6.07, 6.45) is 1.18. The lowest BCUT2D eigenvalue weighted by Crippen LogP contribution is -2.35. The minimum Gasteiger partial charge on any atom is -0.487 e. The Balaban J connectivity index is 1.47. The quantitative estimate of drug-likeness (QED) is 0.609. The number of aliphatic hydroxyl groups is 2. The number of nitrogens with zero attached hydrogens (tertiary/aromatic N) is 3. The number of rotatable bonds is 3. The van der Waals surface area contributed by atoms with Crippen molar-refractivity contribution >= 4 is 11.0 Å². The number of hydrogen-bond acceptors (Lipinski definition) is 6. The molecule has 1 aromatic carbocycles. The smallest absolute Gasteiger partial charge is 0.152 e. The largest absolute Gasteiger partial charge is 0.487 e. The molecule has 2 aromatic heterocycles. The lowest BCUT2D eigenvalue weighted by Gasteiger charge is -2.25. The molecule has 0 bridgehead atoms. The lowest BCUT2D eigenvalue weighted by molar-refractivity contribution is -0.0167. The lowest BCUT2D eigenvalue weighted by atomic mass is 9.97. The van der Waals surface area contributed by atoms with E-state index < -0.39 is 30.2 Å². The summed E-state index contributed by atoms with van der Waals surface area (Å²) in [4.78, 5) is 8.27. The zero-order valence-electron chi connectivity index (χ0n) is 17.0. The van der Waals surface area contributed by atoms with Gasteiger partial charge >= 0.3 is 0 Å². The Bertz CT molecular complexity index is 1120. The van der Waals surface area contributed by atoms with Crippen molar-refractivity contribution in [2.24, 2.45) is 0 Å². The predicted octanol–water partition coefficient (Wildman–Crippen LogP) is 1.95.